The number of rotatable bonds is 7. The highest BCUT2D eigenvalue weighted by Gasteiger charge is 2.21. The smallest absolute Gasteiger partial charge is 0.0896 e. The van der Waals surface area contributed by atoms with Crippen molar-refractivity contribution in [3.05, 3.63) is 71.0 Å². The van der Waals surface area contributed by atoms with Crippen LogP contribution in [0.15, 0.2) is 59.1 Å². The number of benzene rings is 1. The van der Waals surface area contributed by atoms with E-state index in [1.165, 1.54) is 39.2 Å². The number of hydrogen-bond acceptors (Lipinski definition) is 4. The lowest BCUT2D eigenvalue weighted by Crippen LogP contribution is -2.47. The van der Waals surface area contributed by atoms with Crippen LogP contribution in [0.1, 0.15) is 44.5 Å². The number of H-pyrrole nitrogens is 1. The molecule has 5 nitrogen and oxygen atoms in total. The van der Waals surface area contributed by atoms with Crippen LogP contribution in [-0.4, -0.2) is 36.4 Å². The van der Waals surface area contributed by atoms with Crippen molar-refractivity contribution in [2.75, 3.05) is 13.7 Å². The number of hydrogen-bond donors (Lipinski definition) is 3. The van der Waals surface area contributed by atoms with Crippen LogP contribution in [-0.2, 0) is 17.7 Å². The Kier molecular flexibility index (Phi) is 9.44. The third-order valence-corrected chi connectivity index (χ3v) is 6.01. The first kappa shape index (κ1) is 24.8. The van der Waals surface area contributed by atoms with Crippen LogP contribution in [0.5, 0.6) is 0 Å². The number of nitrogens with two attached hydrogens (primary N) is 1. The molecular weight excluding hydrogens is 384 g/mol. The second kappa shape index (κ2) is 11.8. The third kappa shape index (κ3) is 6.50. The summed E-state index contributed by atoms with van der Waals surface area (Å²) in [4.78, 5) is 12.6. The summed E-state index contributed by atoms with van der Waals surface area (Å²) in [6.45, 7) is 15.1. The fraction of sp³-hybridized carbons (Fsp3) is 0.423. The fourth-order valence-electron chi connectivity index (χ4n) is 3.49. The minimum atomic E-state index is 0.0193. The van der Waals surface area contributed by atoms with E-state index in [0.717, 1.165) is 25.2 Å². The molecule has 31 heavy (non-hydrogen) atoms. The largest absolute Gasteiger partial charge is 0.358 e. The van der Waals surface area contributed by atoms with E-state index in [4.69, 9.17) is 10.6 Å². The molecular formula is C26H38N4O. The Hall–Kier alpha value is -2.47. The van der Waals surface area contributed by atoms with Gasteiger partial charge in [-0.15, -0.1) is 6.58 Å². The van der Waals surface area contributed by atoms with Crippen LogP contribution < -0.4 is 11.2 Å². The van der Waals surface area contributed by atoms with Gasteiger partial charge in [0.25, 0.3) is 0 Å². The molecule has 1 aromatic carbocycles. The fourth-order valence-corrected chi connectivity index (χ4v) is 3.49. The standard InChI is InChI=1S/C17H22N2.C9H16N2O/c1-4-14(18)10-13-11-17(19-16(13)5-2)15-9-7-6-8-12(15)3;1-6(8(3)10-4)7(2)9-5-12-11-9/h4,6-9,11,14,19H,1,5,10,18H2,2-3H3;9,11H,5H2,1-4H3/b;7-6+,10-8?. The summed E-state index contributed by atoms with van der Waals surface area (Å²) in [6.07, 6.45) is 3.64. The molecule has 2 heterocycles. The van der Waals surface area contributed by atoms with E-state index in [-0.39, 0.29) is 6.04 Å². The monoisotopic (exact) mass is 422 g/mol. The number of aromatic nitrogens is 1. The van der Waals surface area contributed by atoms with Crippen molar-refractivity contribution in [2.45, 2.75) is 59.5 Å². The summed E-state index contributed by atoms with van der Waals surface area (Å²) in [6, 6.07) is 11.1. The highest BCUT2D eigenvalue weighted by molar-refractivity contribution is 5.98. The minimum Gasteiger partial charge on any atom is -0.358 e. The van der Waals surface area contributed by atoms with Gasteiger partial charge < -0.3 is 10.7 Å². The van der Waals surface area contributed by atoms with Gasteiger partial charge in [0, 0.05) is 35.8 Å². The summed E-state index contributed by atoms with van der Waals surface area (Å²) in [7, 11) is 1.82. The highest BCUT2D eigenvalue weighted by Crippen LogP contribution is 2.26. The normalized spacial score (nSPS) is 17.8. The molecule has 0 radical (unpaired) electrons. The Bertz CT molecular complexity index is 935. The van der Waals surface area contributed by atoms with E-state index in [9.17, 15) is 0 Å². The SMILES string of the molecule is C=CC(N)Cc1cc(-c2ccccc2C)[nH]c1CC.CN=C(C)/C(C)=C(\C)C1CON1. The zero-order valence-electron chi connectivity index (χ0n) is 19.9. The van der Waals surface area contributed by atoms with E-state index in [1.54, 1.807) is 6.08 Å². The molecule has 5 heteroatoms. The lowest BCUT2D eigenvalue weighted by Gasteiger charge is -2.29. The van der Waals surface area contributed by atoms with Crippen LogP contribution in [0, 0.1) is 6.92 Å². The summed E-state index contributed by atoms with van der Waals surface area (Å²) in [5, 5.41) is 0. The molecule has 1 aromatic heterocycles. The maximum Gasteiger partial charge on any atom is 0.0896 e. The van der Waals surface area contributed by atoms with Gasteiger partial charge in [0.1, 0.15) is 0 Å². The summed E-state index contributed by atoms with van der Waals surface area (Å²) in [5.41, 5.74) is 18.8. The maximum atomic E-state index is 5.97. The van der Waals surface area contributed by atoms with E-state index in [2.05, 4.69) is 80.1 Å². The Balaban J connectivity index is 0.000000245. The van der Waals surface area contributed by atoms with Gasteiger partial charge in [-0.1, -0.05) is 37.3 Å². The van der Waals surface area contributed by atoms with Crippen LogP contribution in [0.25, 0.3) is 11.3 Å². The zero-order chi connectivity index (χ0) is 23.0. The van der Waals surface area contributed by atoms with Gasteiger partial charge in [0.05, 0.1) is 12.6 Å². The van der Waals surface area contributed by atoms with Gasteiger partial charge in [-0.25, -0.2) is 0 Å². The van der Waals surface area contributed by atoms with Crippen LogP contribution >= 0.6 is 0 Å². The van der Waals surface area contributed by atoms with E-state index in [1.807, 2.05) is 14.0 Å². The lowest BCUT2D eigenvalue weighted by atomic mass is 10.0. The van der Waals surface area contributed by atoms with Crippen molar-refractivity contribution in [3.63, 3.8) is 0 Å². The topological polar surface area (TPSA) is 75.4 Å². The predicted molar refractivity (Wildman–Crippen MR) is 133 cm³/mol. The molecule has 2 unspecified atom stereocenters. The first-order chi connectivity index (χ1) is 14.8. The van der Waals surface area contributed by atoms with Crippen molar-refractivity contribution in [3.8, 4) is 11.3 Å². The number of nitrogens with one attached hydrogen (secondary N) is 2. The van der Waals surface area contributed by atoms with Crippen LogP contribution in [0.4, 0.5) is 0 Å². The number of aliphatic imine (C=N–C) groups is 1. The van der Waals surface area contributed by atoms with Gasteiger partial charge in [0.2, 0.25) is 0 Å². The summed E-state index contributed by atoms with van der Waals surface area (Å²) >= 11 is 0. The highest BCUT2D eigenvalue weighted by atomic mass is 16.7. The van der Waals surface area contributed by atoms with Crippen molar-refractivity contribution in [1.29, 1.82) is 0 Å². The van der Waals surface area contributed by atoms with E-state index >= 15 is 0 Å². The number of allylic oxidation sites excluding steroid dienone is 1. The van der Waals surface area contributed by atoms with Gasteiger partial charge in [0.15, 0.2) is 0 Å². The van der Waals surface area contributed by atoms with Crippen molar-refractivity contribution in [1.82, 2.24) is 10.5 Å². The molecule has 2 aromatic rings. The molecule has 4 N–H and O–H groups in total. The first-order valence-corrected chi connectivity index (χ1v) is 11.0. The molecule has 1 fully saturated rings. The summed E-state index contributed by atoms with van der Waals surface area (Å²) < 4.78 is 0. The van der Waals surface area contributed by atoms with Gasteiger partial charge >= 0.3 is 0 Å². The quantitative estimate of drug-likeness (QED) is 0.438. The molecule has 0 saturated carbocycles. The molecule has 0 bridgehead atoms. The molecule has 1 aliphatic rings. The number of aromatic amines is 1. The molecule has 168 valence electrons. The average molecular weight is 423 g/mol. The lowest BCUT2D eigenvalue weighted by molar-refractivity contribution is -0.0836. The van der Waals surface area contributed by atoms with Crippen LogP contribution in [0.2, 0.25) is 0 Å². The third-order valence-electron chi connectivity index (χ3n) is 6.01. The Morgan fingerprint density at radius 1 is 1.32 bits per heavy atom. The molecule has 1 aliphatic heterocycles. The van der Waals surface area contributed by atoms with Crippen molar-refractivity contribution < 1.29 is 4.84 Å². The predicted octanol–water partition coefficient (Wildman–Crippen LogP) is 4.93. The Labute approximate surface area is 187 Å². The van der Waals surface area contributed by atoms with Gasteiger partial charge in [-0.05, 0) is 68.9 Å². The molecule has 3 rings (SSSR count). The maximum absolute atomic E-state index is 5.97. The Morgan fingerprint density at radius 3 is 2.52 bits per heavy atom. The number of hydroxylamine groups is 1. The molecule has 1 saturated heterocycles. The van der Waals surface area contributed by atoms with E-state index in [0.29, 0.717) is 6.04 Å². The number of aryl methyl sites for hydroxylation is 2. The zero-order valence-corrected chi connectivity index (χ0v) is 19.9. The Morgan fingerprint density at radius 2 is 2.00 bits per heavy atom. The average Bonchev–Trinajstić information content (AvgIpc) is 3.14. The molecule has 2 atom stereocenters. The van der Waals surface area contributed by atoms with Crippen LogP contribution in [0.3, 0.4) is 0 Å². The van der Waals surface area contributed by atoms with Crippen molar-refractivity contribution in [2.24, 2.45) is 10.7 Å². The minimum absolute atomic E-state index is 0.0193. The molecule has 0 aliphatic carbocycles. The van der Waals surface area contributed by atoms with Gasteiger partial charge in [-0.2, -0.15) is 5.48 Å². The summed E-state index contributed by atoms with van der Waals surface area (Å²) in [5.74, 6) is 0. The molecule has 0 amide bonds. The van der Waals surface area contributed by atoms with E-state index < -0.39 is 0 Å². The molecule has 0 spiro atoms. The van der Waals surface area contributed by atoms with Gasteiger partial charge in [-0.3, -0.25) is 9.83 Å². The number of nitrogens with zero attached hydrogens (tertiary/aromatic N) is 1. The second-order valence-corrected chi connectivity index (χ2v) is 8.06. The second-order valence-electron chi connectivity index (χ2n) is 8.06. The first-order valence-electron chi connectivity index (χ1n) is 11.0. The van der Waals surface area contributed by atoms with Crippen molar-refractivity contribution >= 4 is 5.71 Å².